The Bertz CT molecular complexity index is 866. The molecule has 0 aliphatic rings. The van der Waals surface area contributed by atoms with Gasteiger partial charge in [0.2, 0.25) is 0 Å². The van der Waals surface area contributed by atoms with Crippen molar-refractivity contribution in [2.75, 3.05) is 7.11 Å². The molecule has 0 bridgehead atoms. The van der Waals surface area contributed by atoms with Crippen LogP contribution in [-0.2, 0) is 0 Å². The van der Waals surface area contributed by atoms with Crippen molar-refractivity contribution < 1.29 is 13.9 Å². The van der Waals surface area contributed by atoms with Gasteiger partial charge in [0.05, 0.1) is 19.2 Å². The number of amides is 2. The molecule has 0 radical (unpaired) electrons. The van der Waals surface area contributed by atoms with Crippen molar-refractivity contribution in [2.24, 2.45) is 5.92 Å². The summed E-state index contributed by atoms with van der Waals surface area (Å²) in [5.41, 5.74) is 1.86. The van der Waals surface area contributed by atoms with Gasteiger partial charge in [0.25, 0.3) is 0 Å². The normalized spacial score (nSPS) is 13.4. The van der Waals surface area contributed by atoms with E-state index in [2.05, 4.69) is 24.5 Å². The van der Waals surface area contributed by atoms with Crippen molar-refractivity contribution in [1.29, 1.82) is 0 Å². The first kappa shape index (κ1) is 18.8. The molecule has 2 N–H and O–H groups in total. The molecule has 1 aromatic heterocycles. The van der Waals surface area contributed by atoms with Crippen LogP contribution in [0.1, 0.15) is 44.2 Å². The molecule has 0 aliphatic heterocycles. The number of hydrogen-bond donors (Lipinski definition) is 2. The molecule has 5 nitrogen and oxygen atoms in total. The van der Waals surface area contributed by atoms with E-state index in [0.717, 1.165) is 28.0 Å². The van der Waals surface area contributed by atoms with Crippen LogP contribution in [0.15, 0.2) is 59.0 Å². The number of hydrogen-bond acceptors (Lipinski definition) is 3. The van der Waals surface area contributed by atoms with Crippen LogP contribution < -0.4 is 15.4 Å². The summed E-state index contributed by atoms with van der Waals surface area (Å²) < 4.78 is 11.0. The summed E-state index contributed by atoms with van der Waals surface area (Å²) in [5, 5.41) is 7.07. The van der Waals surface area contributed by atoms with Crippen molar-refractivity contribution in [3.05, 3.63) is 65.9 Å². The third kappa shape index (κ3) is 4.42. The van der Waals surface area contributed by atoms with Crippen LogP contribution in [-0.4, -0.2) is 13.1 Å². The molecule has 2 amide bonds. The number of nitrogens with one attached hydrogen (secondary N) is 2. The molecule has 0 aliphatic carbocycles. The van der Waals surface area contributed by atoms with Crippen molar-refractivity contribution in [2.45, 2.75) is 32.9 Å². The number of carbonyl (C=O) groups excluding carboxylic acids is 1. The second kappa shape index (κ2) is 8.16. The lowest BCUT2D eigenvalue weighted by atomic mass is 9.96. The van der Waals surface area contributed by atoms with Crippen LogP contribution in [0.25, 0.3) is 11.0 Å². The maximum atomic E-state index is 12.6. The fourth-order valence-electron chi connectivity index (χ4n) is 3.11. The number of rotatable bonds is 6. The molecule has 3 rings (SSSR count). The number of urea groups is 1. The molecule has 2 aromatic carbocycles. The monoisotopic (exact) mass is 366 g/mol. The van der Waals surface area contributed by atoms with Crippen molar-refractivity contribution in [3.63, 3.8) is 0 Å². The van der Waals surface area contributed by atoms with Crippen molar-refractivity contribution in [1.82, 2.24) is 10.6 Å². The highest BCUT2D eigenvalue weighted by molar-refractivity contribution is 5.78. The molecule has 5 heteroatoms. The molecular weight excluding hydrogens is 340 g/mol. The van der Waals surface area contributed by atoms with Crippen LogP contribution in [0.3, 0.4) is 0 Å². The Labute approximate surface area is 159 Å². The third-order valence-electron chi connectivity index (χ3n) is 4.65. The predicted molar refractivity (Wildman–Crippen MR) is 107 cm³/mol. The summed E-state index contributed by atoms with van der Waals surface area (Å²) >= 11 is 0. The third-order valence-corrected chi connectivity index (χ3v) is 4.65. The van der Waals surface area contributed by atoms with E-state index in [0.29, 0.717) is 0 Å². The topological polar surface area (TPSA) is 63.5 Å². The van der Waals surface area contributed by atoms with Crippen molar-refractivity contribution in [3.8, 4) is 5.75 Å². The summed E-state index contributed by atoms with van der Waals surface area (Å²) in [6.45, 7) is 6.07. The van der Waals surface area contributed by atoms with Gasteiger partial charge in [-0.25, -0.2) is 4.79 Å². The Hall–Kier alpha value is -2.95. The summed E-state index contributed by atoms with van der Waals surface area (Å²) in [4.78, 5) is 12.6. The molecule has 0 fully saturated rings. The number of benzene rings is 2. The predicted octanol–water partition coefficient (Wildman–Crippen LogP) is 5.20. The van der Waals surface area contributed by atoms with E-state index in [1.54, 1.807) is 7.11 Å². The molecule has 2 atom stereocenters. The lowest BCUT2D eigenvalue weighted by Crippen LogP contribution is -2.40. The van der Waals surface area contributed by atoms with Crippen LogP contribution in [0, 0.1) is 5.92 Å². The van der Waals surface area contributed by atoms with Crippen LogP contribution in [0.2, 0.25) is 0 Å². The van der Waals surface area contributed by atoms with Gasteiger partial charge in [0, 0.05) is 5.39 Å². The highest BCUT2D eigenvalue weighted by Crippen LogP contribution is 2.25. The molecule has 27 heavy (non-hydrogen) atoms. The molecule has 142 valence electrons. The SMILES string of the molecule is COc1ccc([C@@H](NC(=O)N[C@@H](C)c2cc3ccccc3o2)C(C)C)cc1. The van der Waals surface area contributed by atoms with Gasteiger partial charge in [-0.1, -0.05) is 44.2 Å². The van der Waals surface area contributed by atoms with E-state index < -0.39 is 0 Å². The van der Waals surface area contributed by atoms with Gasteiger partial charge < -0.3 is 19.8 Å². The van der Waals surface area contributed by atoms with Crippen LogP contribution in [0.5, 0.6) is 5.75 Å². The van der Waals surface area contributed by atoms with E-state index in [1.165, 1.54) is 0 Å². The number of ether oxygens (including phenoxy) is 1. The number of fused-ring (bicyclic) bond motifs is 1. The summed E-state index contributed by atoms with van der Waals surface area (Å²) in [5.74, 6) is 1.77. The highest BCUT2D eigenvalue weighted by Gasteiger charge is 2.20. The molecule has 0 spiro atoms. The summed E-state index contributed by atoms with van der Waals surface area (Å²) in [6.07, 6.45) is 0. The lowest BCUT2D eigenvalue weighted by molar-refractivity contribution is 0.228. The molecular formula is C22H26N2O3. The Morgan fingerprint density at radius 3 is 2.33 bits per heavy atom. The minimum atomic E-state index is -0.235. The second-order valence-corrected chi connectivity index (χ2v) is 7.02. The first-order chi connectivity index (χ1) is 13.0. The second-order valence-electron chi connectivity index (χ2n) is 7.02. The quantitative estimate of drug-likeness (QED) is 0.630. The fraction of sp³-hybridized carbons (Fsp3) is 0.318. The Balaban J connectivity index is 1.68. The first-order valence-corrected chi connectivity index (χ1v) is 9.17. The lowest BCUT2D eigenvalue weighted by Gasteiger charge is -2.24. The Morgan fingerprint density at radius 1 is 1.00 bits per heavy atom. The minimum absolute atomic E-state index is 0.0984. The number of furan rings is 1. The number of para-hydroxylation sites is 1. The van der Waals surface area contributed by atoms with E-state index >= 15 is 0 Å². The van der Waals surface area contributed by atoms with E-state index in [4.69, 9.17) is 9.15 Å². The van der Waals surface area contributed by atoms with Gasteiger partial charge in [-0.3, -0.25) is 0 Å². The van der Waals surface area contributed by atoms with Gasteiger partial charge in [-0.15, -0.1) is 0 Å². The molecule has 3 aromatic rings. The maximum absolute atomic E-state index is 12.6. The molecule has 0 unspecified atom stereocenters. The standard InChI is InChI=1S/C22H26N2O3/c1-14(2)21(16-9-11-18(26-4)12-10-16)24-22(25)23-15(3)20-13-17-7-5-6-8-19(17)27-20/h5-15,21H,1-4H3,(H2,23,24,25)/t15-,21-/m0/s1. The average molecular weight is 366 g/mol. The van der Waals surface area contributed by atoms with Crippen LogP contribution in [0.4, 0.5) is 4.79 Å². The minimum Gasteiger partial charge on any atom is -0.497 e. The highest BCUT2D eigenvalue weighted by atomic mass is 16.5. The van der Waals surface area contributed by atoms with Crippen molar-refractivity contribution >= 4 is 17.0 Å². The molecule has 0 saturated carbocycles. The van der Waals surface area contributed by atoms with Crippen LogP contribution >= 0.6 is 0 Å². The van der Waals surface area contributed by atoms with Gasteiger partial charge in [0.15, 0.2) is 0 Å². The number of carbonyl (C=O) groups is 1. The molecule has 0 saturated heterocycles. The van der Waals surface area contributed by atoms with E-state index in [1.807, 2.05) is 61.5 Å². The Kier molecular flexibility index (Phi) is 5.69. The first-order valence-electron chi connectivity index (χ1n) is 9.17. The zero-order valence-corrected chi connectivity index (χ0v) is 16.2. The summed E-state index contributed by atoms with van der Waals surface area (Å²) in [6, 6.07) is 17.0. The van der Waals surface area contributed by atoms with E-state index in [9.17, 15) is 4.79 Å². The zero-order chi connectivity index (χ0) is 19.4. The van der Waals surface area contributed by atoms with Gasteiger partial charge >= 0.3 is 6.03 Å². The van der Waals surface area contributed by atoms with Gasteiger partial charge in [-0.2, -0.15) is 0 Å². The zero-order valence-electron chi connectivity index (χ0n) is 16.2. The van der Waals surface area contributed by atoms with Gasteiger partial charge in [0.1, 0.15) is 17.1 Å². The van der Waals surface area contributed by atoms with Gasteiger partial charge in [-0.05, 0) is 42.7 Å². The largest absolute Gasteiger partial charge is 0.497 e. The number of methoxy groups -OCH3 is 1. The Morgan fingerprint density at radius 2 is 1.70 bits per heavy atom. The van der Waals surface area contributed by atoms with E-state index in [-0.39, 0.29) is 24.0 Å². The maximum Gasteiger partial charge on any atom is 0.315 e. The average Bonchev–Trinajstić information content (AvgIpc) is 3.10. The fourth-order valence-corrected chi connectivity index (χ4v) is 3.11. The smallest absolute Gasteiger partial charge is 0.315 e. The summed E-state index contributed by atoms with van der Waals surface area (Å²) in [7, 11) is 1.64. The molecule has 1 heterocycles.